The summed E-state index contributed by atoms with van der Waals surface area (Å²) in [6, 6.07) is 11.7. The maximum absolute atomic E-state index is 13.4. The zero-order valence-electron chi connectivity index (χ0n) is 17.6. The first kappa shape index (κ1) is 22.4. The van der Waals surface area contributed by atoms with Crippen molar-refractivity contribution in [3.63, 3.8) is 0 Å². The molecule has 2 aliphatic heterocycles. The van der Waals surface area contributed by atoms with E-state index in [0.717, 1.165) is 49.0 Å². The summed E-state index contributed by atoms with van der Waals surface area (Å²) in [5.74, 6) is 0.833. The molecular formula is C23H30ClN3O3. The van der Waals surface area contributed by atoms with Crippen LogP contribution in [0.2, 0.25) is 0 Å². The normalized spacial score (nSPS) is 21.8. The number of amides is 2. The predicted molar refractivity (Wildman–Crippen MR) is 120 cm³/mol. The van der Waals surface area contributed by atoms with E-state index in [2.05, 4.69) is 12.2 Å². The monoisotopic (exact) mass is 431 g/mol. The van der Waals surface area contributed by atoms with E-state index in [1.807, 2.05) is 46.2 Å². The second-order valence-electron chi connectivity index (χ2n) is 8.04. The Morgan fingerprint density at radius 2 is 1.87 bits per heavy atom. The number of likely N-dealkylation sites (tertiary alicyclic amines) is 1. The molecule has 1 N–H and O–H groups in total. The Morgan fingerprint density at radius 1 is 1.10 bits per heavy atom. The van der Waals surface area contributed by atoms with Gasteiger partial charge in [-0.25, -0.2) is 0 Å². The van der Waals surface area contributed by atoms with Crippen LogP contribution in [0.5, 0.6) is 5.75 Å². The van der Waals surface area contributed by atoms with Gasteiger partial charge in [-0.2, -0.15) is 0 Å². The fourth-order valence-electron chi connectivity index (χ4n) is 4.57. The first-order valence-electron chi connectivity index (χ1n) is 10.5. The summed E-state index contributed by atoms with van der Waals surface area (Å²) < 4.78 is 5.45. The molecule has 0 spiro atoms. The molecule has 7 heteroatoms. The third-order valence-electron chi connectivity index (χ3n) is 6.18. The van der Waals surface area contributed by atoms with Crippen LogP contribution in [0.3, 0.4) is 0 Å². The van der Waals surface area contributed by atoms with Crippen LogP contribution >= 0.6 is 12.4 Å². The van der Waals surface area contributed by atoms with Gasteiger partial charge in [0.15, 0.2) is 0 Å². The van der Waals surface area contributed by atoms with Crippen molar-refractivity contribution in [1.29, 1.82) is 0 Å². The Kier molecular flexibility index (Phi) is 7.21. The minimum atomic E-state index is -0.113. The lowest BCUT2D eigenvalue weighted by molar-refractivity contribution is -0.139. The molecule has 2 amide bonds. The summed E-state index contributed by atoms with van der Waals surface area (Å²) >= 11 is 0. The van der Waals surface area contributed by atoms with Crippen LogP contribution in [0.4, 0.5) is 0 Å². The van der Waals surface area contributed by atoms with E-state index >= 15 is 0 Å². The number of fused-ring (bicyclic) bond motifs is 1. The lowest BCUT2D eigenvalue weighted by Crippen LogP contribution is -2.55. The van der Waals surface area contributed by atoms with Gasteiger partial charge < -0.3 is 19.9 Å². The lowest BCUT2D eigenvalue weighted by Gasteiger charge is -2.39. The van der Waals surface area contributed by atoms with Gasteiger partial charge in [-0.05, 0) is 37.3 Å². The molecule has 30 heavy (non-hydrogen) atoms. The highest BCUT2D eigenvalue weighted by molar-refractivity contribution is 6.08. The molecule has 0 radical (unpaired) electrons. The number of carbonyl (C=O) groups excluding carboxylic acids is 2. The summed E-state index contributed by atoms with van der Waals surface area (Å²) in [4.78, 5) is 30.3. The topological polar surface area (TPSA) is 61.9 Å². The van der Waals surface area contributed by atoms with Gasteiger partial charge in [0, 0.05) is 49.7 Å². The van der Waals surface area contributed by atoms with Crippen molar-refractivity contribution < 1.29 is 14.3 Å². The van der Waals surface area contributed by atoms with Crippen molar-refractivity contribution in [2.24, 2.45) is 5.92 Å². The third kappa shape index (κ3) is 4.25. The predicted octanol–water partition coefficient (Wildman–Crippen LogP) is 2.94. The number of carbonyl (C=O) groups is 2. The fraction of sp³-hybridized carbons (Fsp3) is 0.478. The van der Waals surface area contributed by atoms with E-state index in [1.165, 1.54) is 0 Å². The Labute approximate surface area is 184 Å². The second-order valence-corrected chi connectivity index (χ2v) is 8.04. The number of halogens is 1. The highest BCUT2D eigenvalue weighted by atomic mass is 35.5. The van der Waals surface area contributed by atoms with E-state index in [9.17, 15) is 9.59 Å². The van der Waals surface area contributed by atoms with Crippen LogP contribution < -0.4 is 10.1 Å². The molecule has 0 aliphatic carbocycles. The van der Waals surface area contributed by atoms with Gasteiger partial charge in [0.25, 0.3) is 5.91 Å². The Balaban J connectivity index is 0.00000256. The standard InChI is InChI=1S/C23H29N3O3.ClH/c1-16-14-24-11-13-26(16)22(27)17-6-5-12-25(15-17)23(28)20-9-10-21(29-2)19-8-4-3-7-18(19)20;/h3-4,7-10,16-17,24H,5-6,11-15H2,1-2H3;1H/t16-,17?;/m1./s1. The van der Waals surface area contributed by atoms with Gasteiger partial charge in [0.1, 0.15) is 5.75 Å². The van der Waals surface area contributed by atoms with Crippen LogP contribution in [0.1, 0.15) is 30.1 Å². The number of piperazine rings is 1. The number of benzene rings is 2. The van der Waals surface area contributed by atoms with Crippen molar-refractivity contribution >= 4 is 35.0 Å². The smallest absolute Gasteiger partial charge is 0.254 e. The fourth-order valence-corrected chi connectivity index (χ4v) is 4.57. The van der Waals surface area contributed by atoms with Crippen molar-refractivity contribution in [1.82, 2.24) is 15.1 Å². The summed E-state index contributed by atoms with van der Waals surface area (Å²) in [5, 5.41) is 5.15. The number of ether oxygens (including phenoxy) is 1. The highest BCUT2D eigenvalue weighted by Gasteiger charge is 2.34. The van der Waals surface area contributed by atoms with Crippen molar-refractivity contribution in [2.75, 3.05) is 39.8 Å². The Hall–Kier alpha value is -2.31. The number of methoxy groups -OCH3 is 1. The quantitative estimate of drug-likeness (QED) is 0.811. The maximum atomic E-state index is 13.4. The van der Waals surface area contributed by atoms with E-state index < -0.39 is 0 Å². The Bertz CT molecular complexity index is 920. The third-order valence-corrected chi connectivity index (χ3v) is 6.18. The molecular weight excluding hydrogens is 402 g/mol. The van der Waals surface area contributed by atoms with Gasteiger partial charge in [-0.1, -0.05) is 24.3 Å². The van der Waals surface area contributed by atoms with E-state index in [-0.39, 0.29) is 36.2 Å². The number of piperidine rings is 1. The molecule has 162 valence electrons. The summed E-state index contributed by atoms with van der Waals surface area (Å²) in [6.07, 6.45) is 1.71. The van der Waals surface area contributed by atoms with Crippen LogP contribution in [-0.2, 0) is 4.79 Å². The van der Waals surface area contributed by atoms with Gasteiger partial charge >= 0.3 is 0 Å². The number of nitrogens with zero attached hydrogens (tertiary/aromatic N) is 2. The lowest BCUT2D eigenvalue weighted by atomic mass is 9.94. The maximum Gasteiger partial charge on any atom is 0.254 e. The molecule has 2 aromatic carbocycles. The molecule has 6 nitrogen and oxygen atoms in total. The van der Waals surface area contributed by atoms with Crippen LogP contribution in [0, 0.1) is 5.92 Å². The summed E-state index contributed by atoms with van der Waals surface area (Å²) in [5.41, 5.74) is 0.671. The molecule has 0 aromatic heterocycles. The van der Waals surface area contributed by atoms with Gasteiger partial charge in [-0.15, -0.1) is 12.4 Å². The number of nitrogens with one attached hydrogen (secondary N) is 1. The second kappa shape index (κ2) is 9.67. The number of rotatable bonds is 3. The first-order chi connectivity index (χ1) is 14.1. The molecule has 2 atom stereocenters. The molecule has 2 aromatic rings. The zero-order valence-corrected chi connectivity index (χ0v) is 18.4. The largest absolute Gasteiger partial charge is 0.496 e. The van der Waals surface area contributed by atoms with E-state index in [4.69, 9.17) is 4.74 Å². The van der Waals surface area contributed by atoms with Crippen LogP contribution in [0.15, 0.2) is 36.4 Å². The first-order valence-corrected chi connectivity index (χ1v) is 10.5. The number of hydrogen-bond donors (Lipinski definition) is 1. The molecule has 0 bridgehead atoms. The number of hydrogen-bond acceptors (Lipinski definition) is 4. The van der Waals surface area contributed by atoms with Crippen molar-refractivity contribution in [2.45, 2.75) is 25.8 Å². The van der Waals surface area contributed by atoms with Crippen molar-refractivity contribution in [3.05, 3.63) is 42.0 Å². The highest BCUT2D eigenvalue weighted by Crippen LogP contribution is 2.30. The average Bonchev–Trinajstić information content (AvgIpc) is 2.78. The van der Waals surface area contributed by atoms with E-state index in [0.29, 0.717) is 18.7 Å². The van der Waals surface area contributed by atoms with Gasteiger partial charge in [0.05, 0.1) is 13.0 Å². The van der Waals surface area contributed by atoms with Gasteiger partial charge in [0.2, 0.25) is 5.91 Å². The van der Waals surface area contributed by atoms with Gasteiger partial charge in [-0.3, -0.25) is 9.59 Å². The molecule has 4 rings (SSSR count). The SMILES string of the molecule is COc1ccc(C(=O)N2CCCC(C(=O)N3CCNC[C@H]3C)C2)c2ccccc12.Cl. The molecule has 2 aliphatic rings. The van der Waals surface area contributed by atoms with Crippen LogP contribution in [0.25, 0.3) is 10.8 Å². The molecule has 0 saturated carbocycles. The minimum absolute atomic E-state index is 0. The van der Waals surface area contributed by atoms with Crippen molar-refractivity contribution in [3.8, 4) is 5.75 Å². The molecule has 1 unspecified atom stereocenters. The molecule has 2 heterocycles. The molecule has 2 saturated heterocycles. The minimum Gasteiger partial charge on any atom is -0.496 e. The summed E-state index contributed by atoms with van der Waals surface area (Å²) in [7, 11) is 1.64. The average molecular weight is 432 g/mol. The van der Waals surface area contributed by atoms with E-state index in [1.54, 1.807) is 7.11 Å². The van der Waals surface area contributed by atoms with Crippen LogP contribution in [-0.4, -0.2) is 67.5 Å². The summed E-state index contributed by atoms with van der Waals surface area (Å²) in [6.45, 7) is 5.68. The Morgan fingerprint density at radius 3 is 2.60 bits per heavy atom. The zero-order chi connectivity index (χ0) is 20.4. The molecule has 2 fully saturated rings.